The molecule has 7 heteroatoms. The zero-order chi connectivity index (χ0) is 25.8. The third kappa shape index (κ3) is 5.91. The van der Waals surface area contributed by atoms with Crippen LogP contribution in [0.3, 0.4) is 0 Å². The molecule has 0 bridgehead atoms. The van der Waals surface area contributed by atoms with Crippen LogP contribution in [0.15, 0.2) is 42.5 Å². The zero-order valence-corrected chi connectivity index (χ0v) is 22.0. The first kappa shape index (κ1) is 25.6. The van der Waals surface area contributed by atoms with Crippen LogP contribution in [0.2, 0.25) is 0 Å². The molecule has 7 nitrogen and oxygen atoms in total. The van der Waals surface area contributed by atoms with Crippen molar-refractivity contribution in [3.05, 3.63) is 42.5 Å². The summed E-state index contributed by atoms with van der Waals surface area (Å²) in [5.74, 6) is 1.29. The fourth-order valence-electron chi connectivity index (χ4n) is 6.84. The monoisotopic (exact) mass is 503 g/mol. The molecule has 2 aliphatic carbocycles. The lowest BCUT2D eigenvalue weighted by molar-refractivity contribution is -0.131. The summed E-state index contributed by atoms with van der Waals surface area (Å²) in [6.07, 6.45) is 12.9. The van der Waals surface area contributed by atoms with Crippen LogP contribution < -0.4 is 16.0 Å². The molecule has 0 aromatic heterocycles. The number of likely N-dealkylation sites (N-methyl/N-ethyl adjacent to an activating group) is 1. The van der Waals surface area contributed by atoms with Crippen molar-refractivity contribution in [2.45, 2.75) is 88.6 Å². The predicted octanol–water partition coefficient (Wildman–Crippen LogP) is 6.01. The number of nitrogens with zero attached hydrogens (tertiary/aromatic N) is 1. The van der Waals surface area contributed by atoms with Gasteiger partial charge in [0.1, 0.15) is 5.54 Å². The molecule has 0 radical (unpaired) electrons. The summed E-state index contributed by atoms with van der Waals surface area (Å²) in [6, 6.07) is 14.0. The van der Waals surface area contributed by atoms with Gasteiger partial charge in [-0.15, -0.1) is 0 Å². The molecule has 1 saturated heterocycles. The van der Waals surface area contributed by atoms with Gasteiger partial charge in [-0.05, 0) is 66.8 Å². The predicted molar refractivity (Wildman–Crippen MR) is 149 cm³/mol. The Morgan fingerprint density at radius 3 is 2.54 bits per heavy atom. The van der Waals surface area contributed by atoms with Crippen LogP contribution in [0.1, 0.15) is 77.0 Å². The summed E-state index contributed by atoms with van der Waals surface area (Å²) in [5, 5.41) is 20.0. The van der Waals surface area contributed by atoms with Crippen LogP contribution in [-0.2, 0) is 4.79 Å². The Morgan fingerprint density at radius 2 is 1.78 bits per heavy atom. The molecule has 1 aliphatic heterocycles. The van der Waals surface area contributed by atoms with Gasteiger partial charge in [-0.3, -0.25) is 15.1 Å². The van der Waals surface area contributed by atoms with Crippen LogP contribution in [0.5, 0.6) is 0 Å². The van der Waals surface area contributed by atoms with E-state index in [1.165, 1.54) is 37.0 Å². The van der Waals surface area contributed by atoms with Gasteiger partial charge in [-0.1, -0.05) is 75.3 Å². The van der Waals surface area contributed by atoms with E-state index in [2.05, 4.69) is 22.0 Å². The normalized spacial score (nSPS) is 26.8. The van der Waals surface area contributed by atoms with Crippen molar-refractivity contribution in [1.82, 2.24) is 15.5 Å². The van der Waals surface area contributed by atoms with Crippen molar-refractivity contribution in [1.29, 1.82) is 5.41 Å². The average molecular weight is 504 g/mol. The number of hydrogen-bond acceptors (Lipinski definition) is 3. The average Bonchev–Trinajstić information content (AvgIpc) is 3.11. The van der Waals surface area contributed by atoms with E-state index in [0.29, 0.717) is 11.8 Å². The number of urea groups is 1. The third-order valence-electron chi connectivity index (χ3n) is 8.87. The van der Waals surface area contributed by atoms with Gasteiger partial charge < -0.3 is 16.0 Å². The Morgan fingerprint density at radius 1 is 1.03 bits per heavy atom. The van der Waals surface area contributed by atoms with Crippen LogP contribution in [0.25, 0.3) is 10.8 Å². The number of nitrogens with one attached hydrogen (secondary N) is 4. The highest BCUT2D eigenvalue weighted by Crippen LogP contribution is 2.38. The summed E-state index contributed by atoms with van der Waals surface area (Å²) >= 11 is 0. The maximum Gasteiger partial charge on any atom is 0.319 e. The molecule has 198 valence electrons. The molecule has 3 aliphatic rings. The third-order valence-corrected chi connectivity index (χ3v) is 8.87. The summed E-state index contributed by atoms with van der Waals surface area (Å²) < 4.78 is 0. The zero-order valence-electron chi connectivity index (χ0n) is 22.0. The molecule has 0 spiro atoms. The van der Waals surface area contributed by atoms with Gasteiger partial charge in [0, 0.05) is 18.8 Å². The van der Waals surface area contributed by atoms with Crippen LogP contribution >= 0.6 is 0 Å². The highest BCUT2D eigenvalue weighted by molar-refractivity contribution is 6.07. The van der Waals surface area contributed by atoms with Crippen molar-refractivity contribution in [3.63, 3.8) is 0 Å². The fraction of sp³-hybridized carbons (Fsp3) is 0.567. The van der Waals surface area contributed by atoms with E-state index in [0.717, 1.165) is 61.4 Å². The molecular formula is C30H41N5O2. The number of benzene rings is 2. The SMILES string of the molecule is CN1C(=N)N[C@](CCC2CCCCC2)(C[C@H]2CCC[C@@H](NC(=O)Nc3ccc4ccccc4c3)C2)C1=O. The van der Waals surface area contributed by atoms with Crippen molar-refractivity contribution in [2.75, 3.05) is 12.4 Å². The number of anilines is 1. The van der Waals surface area contributed by atoms with E-state index >= 15 is 0 Å². The molecule has 0 unspecified atom stereocenters. The molecule has 37 heavy (non-hydrogen) atoms. The van der Waals surface area contributed by atoms with Crippen LogP contribution in [0.4, 0.5) is 10.5 Å². The molecule has 2 saturated carbocycles. The topological polar surface area (TPSA) is 97.3 Å². The van der Waals surface area contributed by atoms with Crippen LogP contribution in [-0.4, -0.2) is 41.4 Å². The molecule has 5 rings (SSSR count). The van der Waals surface area contributed by atoms with E-state index < -0.39 is 5.54 Å². The number of carbonyl (C=O) groups excluding carboxylic acids is 2. The maximum atomic E-state index is 13.4. The summed E-state index contributed by atoms with van der Waals surface area (Å²) in [4.78, 5) is 27.7. The summed E-state index contributed by atoms with van der Waals surface area (Å²) in [6.45, 7) is 0. The molecule has 1 heterocycles. The van der Waals surface area contributed by atoms with Crippen LogP contribution in [0, 0.1) is 17.2 Å². The van der Waals surface area contributed by atoms with Crippen molar-refractivity contribution >= 4 is 34.4 Å². The number of fused-ring (bicyclic) bond motifs is 1. The largest absolute Gasteiger partial charge is 0.342 e. The van der Waals surface area contributed by atoms with E-state index in [4.69, 9.17) is 5.41 Å². The lowest BCUT2D eigenvalue weighted by Gasteiger charge is -2.36. The van der Waals surface area contributed by atoms with E-state index in [-0.39, 0.29) is 23.9 Å². The summed E-state index contributed by atoms with van der Waals surface area (Å²) in [5.41, 5.74) is 0.107. The van der Waals surface area contributed by atoms with Gasteiger partial charge >= 0.3 is 6.03 Å². The minimum absolute atomic E-state index is 0.0393. The lowest BCUT2D eigenvalue weighted by atomic mass is 9.74. The maximum absolute atomic E-state index is 13.4. The second-order valence-electron chi connectivity index (χ2n) is 11.6. The second kappa shape index (κ2) is 11.1. The quantitative estimate of drug-likeness (QED) is 0.373. The van der Waals surface area contributed by atoms with Gasteiger partial charge in [0.25, 0.3) is 5.91 Å². The highest BCUT2D eigenvalue weighted by Gasteiger charge is 2.49. The number of amides is 3. The molecule has 3 atom stereocenters. The Hall–Kier alpha value is -3.09. The molecular weight excluding hydrogens is 462 g/mol. The minimum Gasteiger partial charge on any atom is -0.342 e. The number of carbonyl (C=O) groups is 2. The highest BCUT2D eigenvalue weighted by atomic mass is 16.2. The Labute approximate surface area is 220 Å². The first-order valence-electron chi connectivity index (χ1n) is 14.1. The standard InChI is InChI=1S/C30H41N5O2/c1-35-27(36)30(34-28(35)31,17-16-21-8-3-2-4-9-21)20-22-10-7-13-25(18-22)32-29(37)33-26-15-14-23-11-5-6-12-24(23)19-26/h5-6,11-12,14-15,19,21-22,25H,2-4,7-10,13,16-18,20H2,1H3,(H2,31,34)(H2,32,33,37)/t22-,25+,30+/m0/s1. The molecule has 4 N–H and O–H groups in total. The number of guanidine groups is 1. The van der Waals surface area contributed by atoms with Gasteiger partial charge in [0.2, 0.25) is 0 Å². The lowest BCUT2D eigenvalue weighted by Crippen LogP contribution is -2.50. The second-order valence-corrected chi connectivity index (χ2v) is 11.6. The molecule has 3 amide bonds. The molecule has 3 fully saturated rings. The number of hydrogen-bond donors (Lipinski definition) is 4. The van der Waals surface area contributed by atoms with Crippen molar-refractivity contribution in [3.8, 4) is 0 Å². The van der Waals surface area contributed by atoms with Gasteiger partial charge in [-0.2, -0.15) is 0 Å². The van der Waals surface area contributed by atoms with Crippen molar-refractivity contribution in [2.24, 2.45) is 11.8 Å². The van der Waals surface area contributed by atoms with E-state index in [1.807, 2.05) is 36.4 Å². The first-order chi connectivity index (χ1) is 17.9. The Bertz CT molecular complexity index is 1140. The van der Waals surface area contributed by atoms with Crippen molar-refractivity contribution < 1.29 is 9.59 Å². The Kier molecular flexibility index (Phi) is 7.68. The van der Waals surface area contributed by atoms with Gasteiger partial charge in [0.05, 0.1) is 0 Å². The van der Waals surface area contributed by atoms with E-state index in [1.54, 1.807) is 7.05 Å². The smallest absolute Gasteiger partial charge is 0.319 e. The minimum atomic E-state index is -0.677. The molecule has 2 aromatic rings. The fourth-order valence-corrected chi connectivity index (χ4v) is 6.84. The summed E-state index contributed by atoms with van der Waals surface area (Å²) in [7, 11) is 1.71. The molecule has 2 aromatic carbocycles. The Balaban J connectivity index is 1.19. The van der Waals surface area contributed by atoms with Gasteiger partial charge in [-0.25, -0.2) is 4.79 Å². The number of rotatable bonds is 7. The first-order valence-corrected chi connectivity index (χ1v) is 14.1. The van der Waals surface area contributed by atoms with E-state index in [9.17, 15) is 9.59 Å². The van der Waals surface area contributed by atoms with Gasteiger partial charge in [0.15, 0.2) is 5.96 Å².